The monoisotopic (exact) mass is 704 g/mol. The van der Waals surface area contributed by atoms with Gasteiger partial charge in [-0.1, -0.05) is 54.6 Å². The van der Waals surface area contributed by atoms with E-state index in [1.165, 1.54) is 10.8 Å². The molecule has 2 N–H and O–H groups in total. The van der Waals surface area contributed by atoms with Crippen molar-refractivity contribution in [3.8, 4) is 11.5 Å². The largest absolute Gasteiger partial charge is 0.497 e. The number of carbonyl (C=O) groups is 2. The van der Waals surface area contributed by atoms with E-state index < -0.39 is 60.4 Å². The number of nitrogens with one attached hydrogen (secondary N) is 1. The Balaban J connectivity index is 1.49. The van der Waals surface area contributed by atoms with Gasteiger partial charge in [0.15, 0.2) is 0 Å². The van der Waals surface area contributed by atoms with Crippen LogP contribution in [-0.4, -0.2) is 86.1 Å². The van der Waals surface area contributed by atoms with Crippen molar-refractivity contribution in [2.45, 2.75) is 37.4 Å². The number of ether oxygens (including phenoxy) is 7. The highest BCUT2D eigenvalue weighted by Gasteiger charge is 2.44. The third-order valence-electron chi connectivity index (χ3n) is 8.35. The molecule has 0 spiro atoms. The fraction of sp³-hybridized carbons (Fsp3) is 0.351. The number of benzene rings is 3. The van der Waals surface area contributed by atoms with E-state index in [0.717, 1.165) is 16.7 Å². The highest BCUT2D eigenvalue weighted by Crippen LogP contribution is 2.43. The summed E-state index contributed by atoms with van der Waals surface area (Å²) in [5.41, 5.74) is 0.153. The molecule has 0 bridgehead atoms. The van der Waals surface area contributed by atoms with Crippen LogP contribution >= 0.6 is 0 Å². The number of aliphatic hydroxyl groups is 1. The van der Waals surface area contributed by atoms with Crippen molar-refractivity contribution in [1.82, 2.24) is 9.55 Å². The first-order valence-corrected chi connectivity index (χ1v) is 16.2. The number of aryl methyl sites for hydroxylation is 1. The summed E-state index contributed by atoms with van der Waals surface area (Å²) in [6, 6.07) is 24.5. The smallest absolute Gasteiger partial charge is 0.332 e. The van der Waals surface area contributed by atoms with Crippen LogP contribution in [0.3, 0.4) is 0 Å². The number of esters is 2. The summed E-state index contributed by atoms with van der Waals surface area (Å²) in [6.45, 7) is -0.223. The van der Waals surface area contributed by atoms with E-state index in [-0.39, 0.29) is 31.8 Å². The Hall–Kier alpha value is -5.28. The molecule has 270 valence electrons. The first-order chi connectivity index (χ1) is 24.7. The topological polar surface area (TPSA) is 174 Å². The van der Waals surface area contributed by atoms with Crippen LogP contribution in [-0.2, 0) is 38.9 Å². The fourth-order valence-corrected chi connectivity index (χ4v) is 5.85. The van der Waals surface area contributed by atoms with Gasteiger partial charge in [0.25, 0.3) is 5.56 Å². The predicted octanol–water partition coefficient (Wildman–Crippen LogP) is 2.62. The van der Waals surface area contributed by atoms with Gasteiger partial charge in [0.05, 0.1) is 27.4 Å². The van der Waals surface area contributed by atoms with Crippen LogP contribution in [0.25, 0.3) is 0 Å². The molecule has 0 aliphatic carbocycles. The summed E-state index contributed by atoms with van der Waals surface area (Å²) in [4.78, 5) is 52.0. The molecule has 51 heavy (non-hydrogen) atoms. The first-order valence-electron chi connectivity index (χ1n) is 16.2. The molecule has 1 fully saturated rings. The van der Waals surface area contributed by atoms with Crippen LogP contribution in [0.1, 0.15) is 34.9 Å². The SMILES string of the molecule is COc1ccc(C(OC[C@H]2O[C@@H](n3cc(C)c(=O)[nH]c3=O)C[C@@H]2OC(=O)COCC(=O)OCCO)(c2ccccc2)c2ccc(OC)cc2)cc1. The number of aromatic amines is 1. The van der Waals surface area contributed by atoms with Gasteiger partial charge >= 0.3 is 17.6 Å². The number of aromatic nitrogens is 2. The van der Waals surface area contributed by atoms with Gasteiger partial charge in [-0.3, -0.25) is 14.3 Å². The minimum absolute atomic E-state index is 0.0348. The fourth-order valence-electron chi connectivity index (χ4n) is 5.85. The number of hydrogen-bond acceptors (Lipinski definition) is 12. The molecule has 0 radical (unpaired) electrons. The second-order valence-electron chi connectivity index (χ2n) is 11.6. The standard InChI is InChI=1S/C37H40N2O12/c1-24-20-39(36(44)38-35(24)43)32-19-30(51-34(42)23-47-22-33(41)48-18-17-40)31(50-32)21-49-37(25-7-5-4-6-8-25,26-9-13-28(45-2)14-10-26)27-11-15-29(46-3)16-12-27/h4-16,20,30-32,40H,17-19,21-23H2,1-3H3,(H,38,43,44)/t30-,31+,32+/m0/s1. The molecule has 14 heteroatoms. The molecule has 5 rings (SSSR count). The van der Waals surface area contributed by atoms with Crippen molar-refractivity contribution in [3.63, 3.8) is 0 Å². The normalized spacial score (nSPS) is 17.1. The maximum Gasteiger partial charge on any atom is 0.332 e. The minimum Gasteiger partial charge on any atom is -0.497 e. The number of rotatable bonds is 16. The van der Waals surface area contributed by atoms with Crippen molar-refractivity contribution in [2.75, 3.05) is 47.3 Å². The lowest BCUT2D eigenvalue weighted by Gasteiger charge is -2.37. The molecular weight excluding hydrogens is 664 g/mol. The van der Waals surface area contributed by atoms with Crippen LogP contribution in [0, 0.1) is 6.92 Å². The Morgan fingerprint density at radius 2 is 1.47 bits per heavy atom. The van der Waals surface area contributed by atoms with E-state index in [9.17, 15) is 19.2 Å². The summed E-state index contributed by atoms with van der Waals surface area (Å²) in [6.07, 6.45) is -1.36. The highest BCUT2D eigenvalue weighted by atomic mass is 16.6. The number of nitrogens with zero attached hydrogens (tertiary/aromatic N) is 1. The van der Waals surface area contributed by atoms with E-state index in [1.54, 1.807) is 21.1 Å². The minimum atomic E-state index is -1.22. The maximum atomic E-state index is 13.0. The van der Waals surface area contributed by atoms with E-state index in [4.69, 9.17) is 38.3 Å². The second-order valence-corrected chi connectivity index (χ2v) is 11.6. The average Bonchev–Trinajstić information content (AvgIpc) is 3.55. The molecule has 0 saturated carbocycles. The summed E-state index contributed by atoms with van der Waals surface area (Å²) in [5, 5.41) is 8.83. The first kappa shape index (κ1) is 37.0. The Bertz CT molecular complexity index is 1830. The molecule has 2 heterocycles. The predicted molar refractivity (Wildman–Crippen MR) is 182 cm³/mol. The van der Waals surface area contributed by atoms with Crippen LogP contribution in [0.15, 0.2) is 94.6 Å². The van der Waals surface area contributed by atoms with Crippen molar-refractivity contribution in [1.29, 1.82) is 0 Å². The molecule has 0 amide bonds. The summed E-state index contributed by atoms with van der Waals surface area (Å²) in [5.74, 6) is -0.256. The van der Waals surface area contributed by atoms with Gasteiger partial charge in [0.2, 0.25) is 0 Å². The van der Waals surface area contributed by atoms with E-state index in [1.807, 2.05) is 78.9 Å². The summed E-state index contributed by atoms with van der Waals surface area (Å²) in [7, 11) is 3.16. The lowest BCUT2D eigenvalue weighted by Crippen LogP contribution is -2.39. The number of hydrogen-bond donors (Lipinski definition) is 2. The maximum absolute atomic E-state index is 13.0. The lowest BCUT2D eigenvalue weighted by atomic mass is 9.80. The van der Waals surface area contributed by atoms with Gasteiger partial charge in [0, 0.05) is 18.2 Å². The van der Waals surface area contributed by atoms with Gasteiger partial charge in [-0.05, 0) is 47.9 Å². The van der Waals surface area contributed by atoms with E-state index in [0.29, 0.717) is 11.5 Å². The van der Waals surface area contributed by atoms with Crippen LogP contribution in [0.4, 0.5) is 0 Å². The Labute approximate surface area is 293 Å². The lowest BCUT2D eigenvalue weighted by molar-refractivity contribution is -0.163. The number of carbonyl (C=O) groups excluding carboxylic acids is 2. The van der Waals surface area contributed by atoms with Crippen molar-refractivity contribution in [3.05, 3.63) is 128 Å². The molecule has 1 aliphatic heterocycles. The Kier molecular flexibility index (Phi) is 12.4. The third-order valence-corrected chi connectivity index (χ3v) is 8.35. The molecule has 3 atom stereocenters. The number of aliphatic hydroxyl groups excluding tert-OH is 1. The van der Waals surface area contributed by atoms with E-state index >= 15 is 0 Å². The van der Waals surface area contributed by atoms with Gasteiger partial charge in [-0.25, -0.2) is 14.4 Å². The van der Waals surface area contributed by atoms with Gasteiger partial charge in [0.1, 0.15) is 55.4 Å². The molecule has 4 aromatic rings. The van der Waals surface area contributed by atoms with Crippen LogP contribution in [0.5, 0.6) is 11.5 Å². The quantitative estimate of drug-likeness (QED) is 0.129. The van der Waals surface area contributed by atoms with Crippen molar-refractivity contribution in [2.24, 2.45) is 0 Å². The molecule has 1 saturated heterocycles. The van der Waals surface area contributed by atoms with Crippen LogP contribution in [0.2, 0.25) is 0 Å². The molecule has 3 aromatic carbocycles. The molecule has 1 aliphatic rings. The third kappa shape index (κ3) is 8.72. The zero-order chi connectivity index (χ0) is 36.4. The van der Waals surface area contributed by atoms with Crippen molar-refractivity contribution >= 4 is 11.9 Å². The molecular formula is C37H40N2O12. The average molecular weight is 705 g/mol. The Morgan fingerprint density at radius 1 is 0.882 bits per heavy atom. The molecule has 1 aromatic heterocycles. The zero-order valence-corrected chi connectivity index (χ0v) is 28.4. The van der Waals surface area contributed by atoms with Gasteiger partial charge in [-0.2, -0.15) is 0 Å². The molecule has 0 unspecified atom stereocenters. The zero-order valence-electron chi connectivity index (χ0n) is 28.4. The van der Waals surface area contributed by atoms with Crippen molar-refractivity contribution < 1.29 is 47.9 Å². The van der Waals surface area contributed by atoms with E-state index in [2.05, 4.69) is 4.98 Å². The number of methoxy groups -OCH3 is 2. The Morgan fingerprint density at radius 3 is 2.06 bits per heavy atom. The molecule has 14 nitrogen and oxygen atoms in total. The van der Waals surface area contributed by atoms with Gasteiger partial charge in [-0.15, -0.1) is 0 Å². The highest BCUT2D eigenvalue weighted by molar-refractivity contribution is 5.73. The summed E-state index contributed by atoms with van der Waals surface area (Å²) >= 11 is 0. The summed E-state index contributed by atoms with van der Waals surface area (Å²) < 4.78 is 41.1. The number of H-pyrrole nitrogens is 1. The van der Waals surface area contributed by atoms with Gasteiger partial charge < -0.3 is 38.3 Å². The second kappa shape index (κ2) is 17.1. The van der Waals surface area contributed by atoms with Crippen LogP contribution < -0.4 is 20.7 Å².